The summed E-state index contributed by atoms with van der Waals surface area (Å²) in [6.45, 7) is 2.26. The van der Waals surface area contributed by atoms with Crippen molar-refractivity contribution >= 4 is 29.3 Å². The number of hydrogen-bond acceptors (Lipinski definition) is 6. The predicted octanol–water partition coefficient (Wildman–Crippen LogP) is 1.57. The van der Waals surface area contributed by atoms with Crippen LogP contribution in [0.1, 0.15) is 31.7 Å². The molecule has 0 radical (unpaired) electrons. The Kier molecular flexibility index (Phi) is 5.41. The molecule has 1 aromatic carbocycles. The van der Waals surface area contributed by atoms with E-state index < -0.39 is 18.2 Å². The van der Waals surface area contributed by atoms with Crippen molar-refractivity contribution in [3.05, 3.63) is 23.8 Å². The number of esters is 1. The summed E-state index contributed by atoms with van der Waals surface area (Å²) in [7, 11) is 0. The van der Waals surface area contributed by atoms with Crippen LogP contribution in [0.25, 0.3) is 0 Å². The molecule has 8 heteroatoms. The van der Waals surface area contributed by atoms with Gasteiger partial charge in [-0.15, -0.1) is 0 Å². The maximum Gasteiger partial charge on any atom is 0.414 e. The predicted molar refractivity (Wildman–Crippen MR) is 94.9 cm³/mol. The normalized spacial score (nSPS) is 22.3. The zero-order chi connectivity index (χ0) is 18.7. The van der Waals surface area contributed by atoms with E-state index in [9.17, 15) is 14.4 Å². The minimum Gasteiger partial charge on any atom is -0.462 e. The van der Waals surface area contributed by atoms with Crippen LogP contribution in [-0.2, 0) is 25.5 Å². The van der Waals surface area contributed by atoms with Crippen LogP contribution in [0.2, 0.25) is 0 Å². The summed E-state index contributed by atoms with van der Waals surface area (Å²) >= 11 is 0. The van der Waals surface area contributed by atoms with Gasteiger partial charge in [-0.2, -0.15) is 0 Å². The maximum absolute atomic E-state index is 12.2. The smallest absolute Gasteiger partial charge is 0.414 e. The highest BCUT2D eigenvalue weighted by molar-refractivity contribution is 5.97. The van der Waals surface area contributed by atoms with Gasteiger partial charge in [-0.25, -0.2) is 4.79 Å². The van der Waals surface area contributed by atoms with Crippen LogP contribution in [0.5, 0.6) is 0 Å². The fraction of sp³-hybridized carbons (Fsp3) is 0.500. The Hall–Kier alpha value is -2.61. The second kappa shape index (κ2) is 7.74. The van der Waals surface area contributed by atoms with Gasteiger partial charge in [-0.1, -0.05) is 6.92 Å². The highest BCUT2D eigenvalue weighted by atomic mass is 16.6. The highest BCUT2D eigenvalue weighted by Crippen LogP contribution is 2.29. The number of carbonyl (C=O) groups is 3. The molecule has 1 aromatic rings. The van der Waals surface area contributed by atoms with Crippen LogP contribution >= 0.6 is 0 Å². The lowest BCUT2D eigenvalue weighted by atomic mass is 10.1. The molecule has 1 fully saturated rings. The van der Waals surface area contributed by atoms with Crippen LogP contribution in [0.4, 0.5) is 16.2 Å². The topological polar surface area (TPSA) is 111 Å². The highest BCUT2D eigenvalue weighted by Gasteiger charge is 2.33. The molecule has 0 aliphatic carbocycles. The number of rotatable bonds is 5. The first-order valence-corrected chi connectivity index (χ1v) is 8.81. The van der Waals surface area contributed by atoms with E-state index >= 15 is 0 Å². The number of benzene rings is 1. The number of nitrogens with two attached hydrogens (primary N) is 1. The van der Waals surface area contributed by atoms with Crippen molar-refractivity contribution in [2.24, 2.45) is 5.73 Å². The molecule has 2 aliphatic rings. The molecule has 0 aromatic heterocycles. The van der Waals surface area contributed by atoms with Crippen LogP contribution in [0.15, 0.2) is 18.2 Å². The Bertz CT molecular complexity index is 721. The van der Waals surface area contributed by atoms with Crippen LogP contribution < -0.4 is 16.0 Å². The molecule has 2 amide bonds. The average molecular weight is 361 g/mol. The first-order valence-electron chi connectivity index (χ1n) is 8.81. The van der Waals surface area contributed by atoms with Crippen LogP contribution in [0, 0.1) is 0 Å². The van der Waals surface area contributed by atoms with Gasteiger partial charge in [0, 0.05) is 17.8 Å². The van der Waals surface area contributed by atoms with Crippen molar-refractivity contribution in [3.8, 4) is 0 Å². The Balaban J connectivity index is 1.67. The van der Waals surface area contributed by atoms with Crippen molar-refractivity contribution < 1.29 is 23.9 Å². The van der Waals surface area contributed by atoms with Gasteiger partial charge in [0.2, 0.25) is 5.91 Å². The van der Waals surface area contributed by atoms with Crippen molar-refractivity contribution in [2.75, 3.05) is 23.4 Å². The molecule has 26 heavy (non-hydrogen) atoms. The number of hydrogen-bond donors (Lipinski definition) is 2. The van der Waals surface area contributed by atoms with E-state index in [1.54, 1.807) is 12.1 Å². The Morgan fingerprint density at radius 1 is 1.42 bits per heavy atom. The Morgan fingerprint density at radius 2 is 2.23 bits per heavy atom. The molecule has 2 aliphatic heterocycles. The first kappa shape index (κ1) is 18.2. The zero-order valence-electron chi connectivity index (χ0n) is 14.7. The standard InChI is InChI=1S/C18H23N3O5/c1-2-3-16(22)25-10-13-9-21(18(24)26-13)12-5-7-15-11(8-12)4-6-14(19)17(23)20-15/h5,7-8,13-14H,2-4,6,9-10,19H2,1H3,(H,20,23)/t13-,14?/m1/s1. The minimum atomic E-state index is -0.537. The molecule has 0 bridgehead atoms. The third-order valence-corrected chi connectivity index (χ3v) is 4.48. The molecule has 1 saturated heterocycles. The first-order chi connectivity index (χ1) is 12.5. The van der Waals surface area contributed by atoms with Crippen molar-refractivity contribution in [1.29, 1.82) is 0 Å². The average Bonchev–Trinajstić information content (AvgIpc) is 2.92. The third kappa shape index (κ3) is 3.96. The van der Waals surface area contributed by atoms with Gasteiger partial charge in [-0.3, -0.25) is 14.5 Å². The van der Waals surface area contributed by atoms with Gasteiger partial charge >= 0.3 is 12.1 Å². The summed E-state index contributed by atoms with van der Waals surface area (Å²) in [4.78, 5) is 37.0. The van der Waals surface area contributed by atoms with E-state index in [0.29, 0.717) is 43.6 Å². The summed E-state index contributed by atoms with van der Waals surface area (Å²) in [5, 5.41) is 2.80. The number of carbonyl (C=O) groups excluding carboxylic acids is 3. The number of anilines is 2. The molecular weight excluding hydrogens is 338 g/mol. The second-order valence-electron chi connectivity index (χ2n) is 6.53. The number of nitrogens with one attached hydrogen (secondary N) is 1. The molecule has 2 heterocycles. The second-order valence-corrected chi connectivity index (χ2v) is 6.53. The van der Waals surface area contributed by atoms with Crippen LogP contribution in [-0.4, -0.2) is 43.3 Å². The number of ether oxygens (including phenoxy) is 2. The number of nitrogens with zero attached hydrogens (tertiary/aromatic N) is 1. The van der Waals surface area contributed by atoms with E-state index in [0.717, 1.165) is 5.56 Å². The fourth-order valence-electron chi connectivity index (χ4n) is 3.03. The van der Waals surface area contributed by atoms with Gasteiger partial charge in [0.05, 0.1) is 12.6 Å². The van der Waals surface area contributed by atoms with Crippen molar-refractivity contribution in [2.45, 2.75) is 44.8 Å². The lowest BCUT2D eigenvalue weighted by molar-refractivity contribution is -0.146. The van der Waals surface area contributed by atoms with Gasteiger partial charge < -0.3 is 20.5 Å². The van der Waals surface area contributed by atoms with E-state index in [1.165, 1.54) is 4.90 Å². The lowest BCUT2D eigenvalue weighted by Crippen LogP contribution is -2.34. The van der Waals surface area contributed by atoms with E-state index in [2.05, 4.69) is 5.32 Å². The maximum atomic E-state index is 12.2. The number of cyclic esters (lactones) is 1. The van der Waals surface area contributed by atoms with Gasteiger partial charge in [0.15, 0.2) is 6.10 Å². The molecule has 3 N–H and O–H groups in total. The summed E-state index contributed by atoms with van der Waals surface area (Å²) < 4.78 is 10.4. The SMILES string of the molecule is CCCC(=O)OC[C@H]1CN(c2ccc3c(c2)CCC(N)C(=O)N3)C(=O)O1. The number of amides is 2. The van der Waals surface area contributed by atoms with Crippen molar-refractivity contribution in [1.82, 2.24) is 0 Å². The molecule has 0 spiro atoms. The van der Waals surface area contributed by atoms with Crippen LogP contribution in [0.3, 0.4) is 0 Å². The van der Waals surface area contributed by atoms with E-state index in [-0.39, 0.29) is 18.5 Å². The molecule has 140 valence electrons. The molecule has 2 atom stereocenters. The molecule has 3 rings (SSSR count). The third-order valence-electron chi connectivity index (χ3n) is 4.48. The Morgan fingerprint density at radius 3 is 3.00 bits per heavy atom. The number of aryl methyl sites for hydroxylation is 1. The van der Waals surface area contributed by atoms with Gasteiger partial charge in [0.1, 0.15) is 6.61 Å². The van der Waals surface area contributed by atoms with Gasteiger partial charge in [0.25, 0.3) is 0 Å². The summed E-state index contributed by atoms with van der Waals surface area (Å²) in [6.07, 6.45) is 1.28. The summed E-state index contributed by atoms with van der Waals surface area (Å²) in [5.74, 6) is -0.495. The monoisotopic (exact) mass is 361 g/mol. The molecule has 8 nitrogen and oxygen atoms in total. The van der Waals surface area contributed by atoms with E-state index in [4.69, 9.17) is 15.2 Å². The number of fused-ring (bicyclic) bond motifs is 1. The molecule has 1 unspecified atom stereocenters. The zero-order valence-corrected chi connectivity index (χ0v) is 14.7. The Labute approximate surface area is 151 Å². The molecule has 0 saturated carbocycles. The van der Waals surface area contributed by atoms with Crippen molar-refractivity contribution in [3.63, 3.8) is 0 Å². The largest absolute Gasteiger partial charge is 0.462 e. The lowest BCUT2D eigenvalue weighted by Gasteiger charge is -2.16. The summed E-state index contributed by atoms with van der Waals surface area (Å²) in [6, 6.07) is 4.84. The van der Waals surface area contributed by atoms with Gasteiger partial charge in [-0.05, 0) is 43.0 Å². The molecular formula is C18H23N3O5. The summed E-state index contributed by atoms with van der Waals surface area (Å²) in [5.41, 5.74) is 8.12. The fourth-order valence-corrected chi connectivity index (χ4v) is 3.03. The minimum absolute atomic E-state index is 0.0525. The van der Waals surface area contributed by atoms with E-state index in [1.807, 2.05) is 13.0 Å². The quantitative estimate of drug-likeness (QED) is 0.770.